The Kier molecular flexibility index (Phi) is 13.5. The first-order valence-electron chi connectivity index (χ1n) is 24.6. The smallest absolute Gasteiger partial charge is 0.264 e. The van der Waals surface area contributed by atoms with Crippen molar-refractivity contribution in [2.75, 3.05) is 49.1 Å². The number of hydrogen-bond acceptors (Lipinski definition) is 10. The zero-order valence-corrected chi connectivity index (χ0v) is 40.4. The number of aryl methyl sites for hydroxylation is 2. The lowest BCUT2D eigenvalue weighted by molar-refractivity contribution is -0.137. The maximum Gasteiger partial charge on any atom is 0.264 e. The first kappa shape index (κ1) is 47.2. The number of carbonyl (C=O) groups is 3. The van der Waals surface area contributed by atoms with E-state index in [4.69, 9.17) is 26.7 Å². The van der Waals surface area contributed by atoms with Gasteiger partial charge in [0.25, 0.3) is 12.3 Å². The van der Waals surface area contributed by atoms with Crippen molar-refractivity contribution < 1.29 is 27.9 Å². The van der Waals surface area contributed by atoms with Gasteiger partial charge in [0.05, 0.1) is 41.0 Å². The molecule has 1 aliphatic carbocycles. The molecule has 4 aliphatic heterocycles. The normalized spacial score (nSPS) is 20.0. The number of likely N-dealkylation sites (tertiary alicyclic amines) is 1. The van der Waals surface area contributed by atoms with Gasteiger partial charge in [0, 0.05) is 118 Å². The Balaban J connectivity index is 0.737. The van der Waals surface area contributed by atoms with E-state index in [1.807, 2.05) is 28.0 Å². The number of anilines is 3. The Morgan fingerprint density at radius 3 is 2.36 bits per heavy atom. The van der Waals surface area contributed by atoms with Crippen LogP contribution >= 0.6 is 11.6 Å². The summed E-state index contributed by atoms with van der Waals surface area (Å²) >= 11 is 6.17. The van der Waals surface area contributed by atoms with Crippen LogP contribution < -0.4 is 19.9 Å². The van der Waals surface area contributed by atoms with Gasteiger partial charge in [-0.15, -0.1) is 0 Å². The van der Waals surface area contributed by atoms with E-state index in [0.717, 1.165) is 85.5 Å². The monoisotopic (exact) mass is 973 g/mol. The van der Waals surface area contributed by atoms with Crippen molar-refractivity contribution in [3.8, 4) is 22.9 Å². The van der Waals surface area contributed by atoms with Gasteiger partial charge in [-0.05, 0) is 112 Å². The summed E-state index contributed by atoms with van der Waals surface area (Å²) in [4.78, 5) is 52.7. The molecule has 70 heavy (non-hydrogen) atoms. The molecule has 5 aliphatic rings. The second kappa shape index (κ2) is 20.1. The molecule has 15 nitrogen and oxygen atoms in total. The largest absolute Gasteiger partial charge is 0.490 e. The summed E-state index contributed by atoms with van der Waals surface area (Å²) in [5, 5.41) is 22.2. The minimum atomic E-state index is -2.68. The molecule has 3 aromatic heterocycles. The number of hydrogen-bond donors (Lipinski definition) is 1. The molecule has 0 unspecified atom stereocenters. The van der Waals surface area contributed by atoms with E-state index in [1.165, 1.54) is 0 Å². The molecule has 18 heteroatoms. The Hall–Kier alpha value is -6.54. The number of alkyl halides is 2. The summed E-state index contributed by atoms with van der Waals surface area (Å²) in [6, 6.07) is 14.5. The third kappa shape index (κ3) is 9.67. The summed E-state index contributed by atoms with van der Waals surface area (Å²) in [6.45, 7) is 5.80. The van der Waals surface area contributed by atoms with Crippen LogP contribution in [0.1, 0.15) is 115 Å². The molecule has 0 radical (unpaired) electrons. The molecule has 5 aromatic rings. The molecule has 3 amide bonds. The van der Waals surface area contributed by atoms with Crippen molar-refractivity contribution in [2.45, 2.75) is 109 Å². The van der Waals surface area contributed by atoms with Crippen molar-refractivity contribution in [1.29, 1.82) is 5.26 Å². The number of ether oxygens (including phenoxy) is 1. The number of nitriles is 1. The van der Waals surface area contributed by atoms with Gasteiger partial charge < -0.3 is 29.7 Å². The molecule has 0 bridgehead atoms. The van der Waals surface area contributed by atoms with Crippen LogP contribution in [0.15, 0.2) is 61.1 Å². The first-order chi connectivity index (χ1) is 33.9. The molecule has 1 saturated carbocycles. The summed E-state index contributed by atoms with van der Waals surface area (Å²) < 4.78 is 39.4. The standard InChI is InChI=1S/C52H58ClF2N11O4/c1-32(67)64-23-17-46-44(31-64)50(65-18-3-4-34-24-42(37-29-58-61(2)30-37)43(49(54)55)26-47(34)65)60-66(46)39-15-21-63(22-16-39)52(69)33-13-19-62(20-14-33)48-12-6-36(28-57-48)51(68)59-38-7-10-40(11-8-38)70-41-9-5-35(27-56)45(53)25-41/h5-6,9,12,24-26,28-30,33,38-40,49H,3-4,7-8,10-11,13-23,31H2,1-2H3,(H,59,68). The fourth-order valence-corrected chi connectivity index (χ4v) is 11.4. The van der Waals surface area contributed by atoms with Gasteiger partial charge in [0.2, 0.25) is 11.8 Å². The zero-order valence-electron chi connectivity index (χ0n) is 39.6. The minimum absolute atomic E-state index is 0.0101. The van der Waals surface area contributed by atoms with Crippen LogP contribution in [-0.4, -0.2) is 103 Å². The number of carbonyl (C=O) groups excluding carboxylic acids is 3. The second-order valence-corrected chi connectivity index (χ2v) is 19.9. The van der Waals surface area contributed by atoms with Crippen LogP contribution in [0.3, 0.4) is 0 Å². The Morgan fingerprint density at radius 2 is 1.69 bits per heavy atom. The average Bonchev–Trinajstić information content (AvgIpc) is 3.99. The van der Waals surface area contributed by atoms with Crippen LogP contribution in [0.2, 0.25) is 5.02 Å². The predicted molar refractivity (Wildman–Crippen MR) is 260 cm³/mol. The highest BCUT2D eigenvalue weighted by atomic mass is 35.5. The van der Waals surface area contributed by atoms with Gasteiger partial charge in [-0.3, -0.25) is 23.7 Å². The number of halogens is 3. The number of nitrogens with one attached hydrogen (secondary N) is 1. The molecule has 2 saturated heterocycles. The lowest BCUT2D eigenvalue weighted by Crippen LogP contribution is -2.46. The maximum atomic E-state index is 14.8. The van der Waals surface area contributed by atoms with E-state index >= 15 is 0 Å². The molecule has 0 atom stereocenters. The number of aromatic nitrogens is 5. The Labute approximate surface area is 411 Å². The predicted octanol–water partition coefficient (Wildman–Crippen LogP) is 8.33. The fraction of sp³-hybridized carbons (Fsp3) is 0.481. The number of fused-ring (bicyclic) bond motifs is 2. The van der Waals surface area contributed by atoms with Gasteiger partial charge >= 0.3 is 0 Å². The van der Waals surface area contributed by atoms with Crippen molar-refractivity contribution >= 4 is 46.6 Å². The van der Waals surface area contributed by atoms with Crippen LogP contribution in [0.4, 0.5) is 26.1 Å². The van der Waals surface area contributed by atoms with Gasteiger partial charge in [0.15, 0.2) is 5.82 Å². The first-order valence-corrected chi connectivity index (χ1v) is 25.0. The van der Waals surface area contributed by atoms with Crippen molar-refractivity contribution in [3.63, 3.8) is 0 Å². The van der Waals surface area contributed by atoms with E-state index in [-0.39, 0.29) is 47.4 Å². The molecule has 3 fully saturated rings. The zero-order chi connectivity index (χ0) is 48.6. The summed E-state index contributed by atoms with van der Waals surface area (Å²) in [6.07, 6.45) is 10.6. The van der Waals surface area contributed by atoms with E-state index < -0.39 is 6.43 Å². The van der Waals surface area contributed by atoms with E-state index in [2.05, 4.69) is 36.0 Å². The van der Waals surface area contributed by atoms with Crippen molar-refractivity contribution in [3.05, 3.63) is 99.6 Å². The fourth-order valence-electron chi connectivity index (χ4n) is 11.2. The summed E-state index contributed by atoms with van der Waals surface area (Å²) in [5.41, 5.74) is 5.78. The number of rotatable bonds is 10. The number of benzene rings is 2. The lowest BCUT2D eigenvalue weighted by Gasteiger charge is -2.38. The molecule has 1 N–H and O–H groups in total. The molecule has 7 heterocycles. The number of pyridine rings is 1. The number of amides is 3. The highest BCUT2D eigenvalue weighted by Crippen LogP contribution is 2.44. The molecule has 2 aromatic carbocycles. The van der Waals surface area contributed by atoms with Crippen molar-refractivity contribution in [2.24, 2.45) is 13.0 Å². The highest BCUT2D eigenvalue weighted by Gasteiger charge is 2.37. The topological polar surface area (TPSA) is 158 Å². The van der Waals surface area contributed by atoms with Crippen molar-refractivity contribution in [1.82, 2.24) is 39.7 Å². The number of nitrogens with zero attached hydrogens (tertiary/aromatic N) is 10. The van der Waals surface area contributed by atoms with Crippen LogP contribution in [-0.2, 0) is 36.0 Å². The number of piperidine rings is 2. The Morgan fingerprint density at radius 1 is 0.900 bits per heavy atom. The molecule has 0 spiro atoms. The molecule has 366 valence electrons. The van der Waals surface area contributed by atoms with E-state index in [9.17, 15) is 23.2 Å². The second-order valence-electron chi connectivity index (χ2n) is 19.5. The lowest BCUT2D eigenvalue weighted by atomic mass is 9.92. The summed E-state index contributed by atoms with van der Waals surface area (Å²) in [5.74, 6) is 2.08. The average molecular weight is 975 g/mol. The molecular formula is C52H58ClF2N11O4. The molecule has 10 rings (SSSR count). The van der Waals surface area contributed by atoms with E-state index in [1.54, 1.807) is 61.5 Å². The van der Waals surface area contributed by atoms with Gasteiger partial charge in [-0.2, -0.15) is 15.5 Å². The van der Waals surface area contributed by atoms with Gasteiger partial charge in [0.1, 0.15) is 17.6 Å². The summed E-state index contributed by atoms with van der Waals surface area (Å²) in [7, 11) is 1.78. The quantitative estimate of drug-likeness (QED) is 0.144. The van der Waals surface area contributed by atoms with Gasteiger partial charge in [-0.25, -0.2) is 13.8 Å². The molecular weight excluding hydrogens is 916 g/mol. The van der Waals surface area contributed by atoms with Gasteiger partial charge in [-0.1, -0.05) is 11.6 Å². The SMILES string of the molecule is CC(=O)N1CCc2c(c(N3CCCc4cc(-c5cnn(C)c5)c(C(F)F)cc43)nn2C2CCN(C(=O)C3CCN(c4ccc(C(=O)NC5CCC(Oc6ccc(C#N)c(Cl)c6)CC5)cn4)CC3)CC2)C1. The highest BCUT2D eigenvalue weighted by molar-refractivity contribution is 6.31. The minimum Gasteiger partial charge on any atom is -0.490 e. The third-order valence-corrected chi connectivity index (χ3v) is 15.4. The van der Waals surface area contributed by atoms with Crippen LogP contribution in [0, 0.1) is 17.2 Å². The maximum absolute atomic E-state index is 14.8. The third-order valence-electron chi connectivity index (χ3n) is 15.1. The van der Waals surface area contributed by atoms with E-state index in [0.29, 0.717) is 98.1 Å². The van der Waals surface area contributed by atoms with Crippen LogP contribution in [0.5, 0.6) is 5.75 Å². The van der Waals surface area contributed by atoms with Crippen LogP contribution in [0.25, 0.3) is 11.1 Å². The Bertz CT molecular complexity index is 2800.